The number of pyridine rings is 2. The van der Waals surface area contributed by atoms with Crippen LogP contribution in [0.15, 0.2) is 42.6 Å². The van der Waals surface area contributed by atoms with E-state index in [9.17, 15) is 4.79 Å². The topological polar surface area (TPSA) is 61.3 Å². The van der Waals surface area contributed by atoms with E-state index in [0.717, 1.165) is 5.39 Å². The Bertz CT molecular complexity index is 915. The third kappa shape index (κ3) is 3.58. The third-order valence-corrected chi connectivity index (χ3v) is 3.91. The van der Waals surface area contributed by atoms with Gasteiger partial charge in [0.1, 0.15) is 22.7 Å². The number of halogens is 2. The van der Waals surface area contributed by atoms with Gasteiger partial charge in [-0.05, 0) is 30.3 Å². The molecule has 5 nitrogen and oxygen atoms in total. The maximum absolute atomic E-state index is 12.0. The molecule has 0 saturated carbocycles. The Morgan fingerprint density at radius 2 is 2.00 bits per heavy atom. The van der Waals surface area contributed by atoms with Crippen LogP contribution >= 0.6 is 23.2 Å². The maximum atomic E-state index is 12.0. The maximum Gasteiger partial charge on any atom is 0.338 e. The lowest BCUT2D eigenvalue weighted by Crippen LogP contribution is -2.06. The highest BCUT2D eigenvalue weighted by molar-refractivity contribution is 6.30. The van der Waals surface area contributed by atoms with Gasteiger partial charge in [-0.25, -0.2) is 14.8 Å². The van der Waals surface area contributed by atoms with E-state index in [0.29, 0.717) is 22.4 Å². The van der Waals surface area contributed by atoms with Crippen molar-refractivity contribution in [1.29, 1.82) is 0 Å². The molecule has 0 atom stereocenters. The second-order valence-corrected chi connectivity index (χ2v) is 5.69. The molecule has 0 amide bonds. The number of hydrogen-bond donors (Lipinski definition) is 0. The molecule has 0 bridgehead atoms. The van der Waals surface area contributed by atoms with Crippen LogP contribution in [0.4, 0.5) is 0 Å². The van der Waals surface area contributed by atoms with E-state index in [4.69, 9.17) is 32.7 Å². The standard InChI is InChI=1S/C17H12Cl2N2O3/c1-23-13-3-2-10-6-12(16(19)21-14(10)8-13)9-24-17(22)11-4-5-20-15(18)7-11/h2-8H,9H2,1H3. The summed E-state index contributed by atoms with van der Waals surface area (Å²) in [6.07, 6.45) is 1.44. The Morgan fingerprint density at radius 1 is 1.17 bits per heavy atom. The number of esters is 1. The van der Waals surface area contributed by atoms with Crippen molar-refractivity contribution in [3.8, 4) is 5.75 Å². The van der Waals surface area contributed by atoms with Gasteiger partial charge in [0.2, 0.25) is 0 Å². The molecule has 0 N–H and O–H groups in total. The highest BCUT2D eigenvalue weighted by atomic mass is 35.5. The van der Waals surface area contributed by atoms with Crippen molar-refractivity contribution in [2.45, 2.75) is 6.61 Å². The van der Waals surface area contributed by atoms with Crippen molar-refractivity contribution < 1.29 is 14.3 Å². The van der Waals surface area contributed by atoms with E-state index in [1.807, 2.05) is 18.2 Å². The number of rotatable bonds is 4. The van der Waals surface area contributed by atoms with Crippen LogP contribution in [0.5, 0.6) is 5.75 Å². The fourth-order valence-electron chi connectivity index (χ4n) is 2.15. The molecular formula is C17H12Cl2N2O3. The largest absolute Gasteiger partial charge is 0.497 e. The minimum atomic E-state index is -0.509. The quantitative estimate of drug-likeness (QED) is 0.511. The van der Waals surface area contributed by atoms with Gasteiger partial charge in [0, 0.05) is 23.2 Å². The Labute approximate surface area is 148 Å². The number of carbonyl (C=O) groups is 1. The van der Waals surface area contributed by atoms with Gasteiger partial charge in [-0.15, -0.1) is 0 Å². The fourth-order valence-corrected chi connectivity index (χ4v) is 2.53. The predicted molar refractivity (Wildman–Crippen MR) is 91.7 cm³/mol. The monoisotopic (exact) mass is 362 g/mol. The third-order valence-electron chi connectivity index (χ3n) is 3.37. The van der Waals surface area contributed by atoms with Gasteiger partial charge in [0.25, 0.3) is 0 Å². The van der Waals surface area contributed by atoms with Crippen molar-refractivity contribution >= 4 is 40.1 Å². The van der Waals surface area contributed by atoms with Crippen molar-refractivity contribution in [1.82, 2.24) is 9.97 Å². The summed E-state index contributed by atoms with van der Waals surface area (Å²) in [4.78, 5) is 20.2. The van der Waals surface area contributed by atoms with Crippen LogP contribution < -0.4 is 4.74 Å². The molecule has 24 heavy (non-hydrogen) atoms. The van der Waals surface area contributed by atoms with E-state index in [1.165, 1.54) is 18.3 Å². The Hall–Kier alpha value is -2.37. The minimum absolute atomic E-state index is 0.00653. The first kappa shape index (κ1) is 16.5. The lowest BCUT2D eigenvalue weighted by atomic mass is 10.1. The molecule has 0 radical (unpaired) electrons. The molecule has 0 aliphatic rings. The zero-order valence-corrected chi connectivity index (χ0v) is 14.1. The molecule has 1 aromatic carbocycles. The molecule has 0 aliphatic carbocycles. The SMILES string of the molecule is COc1ccc2cc(COC(=O)c3ccnc(Cl)c3)c(Cl)nc2c1. The van der Waals surface area contributed by atoms with E-state index < -0.39 is 5.97 Å². The van der Waals surface area contributed by atoms with Crippen molar-refractivity contribution in [3.63, 3.8) is 0 Å². The summed E-state index contributed by atoms with van der Waals surface area (Å²) in [5, 5.41) is 1.37. The van der Waals surface area contributed by atoms with Gasteiger partial charge in [-0.3, -0.25) is 0 Å². The van der Waals surface area contributed by atoms with E-state index in [-0.39, 0.29) is 16.9 Å². The second-order valence-electron chi connectivity index (χ2n) is 4.94. The lowest BCUT2D eigenvalue weighted by Gasteiger charge is -2.09. The molecule has 3 rings (SSSR count). The Kier molecular flexibility index (Phi) is 4.83. The summed E-state index contributed by atoms with van der Waals surface area (Å²) in [5.41, 5.74) is 1.64. The average molecular weight is 363 g/mol. The van der Waals surface area contributed by atoms with Crippen molar-refractivity contribution in [2.24, 2.45) is 0 Å². The number of benzene rings is 1. The van der Waals surface area contributed by atoms with Crippen molar-refractivity contribution in [2.75, 3.05) is 7.11 Å². The first-order valence-electron chi connectivity index (χ1n) is 6.98. The average Bonchev–Trinajstić information content (AvgIpc) is 2.59. The molecule has 3 aromatic rings. The molecule has 2 aromatic heterocycles. The van der Waals surface area contributed by atoms with Gasteiger partial charge in [-0.2, -0.15) is 0 Å². The van der Waals surface area contributed by atoms with Gasteiger partial charge < -0.3 is 9.47 Å². The van der Waals surface area contributed by atoms with Crippen LogP contribution in [0.1, 0.15) is 15.9 Å². The molecule has 0 fully saturated rings. The molecule has 0 spiro atoms. The van der Waals surface area contributed by atoms with Gasteiger partial charge >= 0.3 is 5.97 Å². The Morgan fingerprint density at radius 3 is 2.75 bits per heavy atom. The summed E-state index contributed by atoms with van der Waals surface area (Å²) >= 11 is 11.9. The number of methoxy groups -OCH3 is 1. The first-order chi connectivity index (χ1) is 11.6. The summed E-state index contributed by atoms with van der Waals surface area (Å²) in [7, 11) is 1.59. The zero-order valence-electron chi connectivity index (χ0n) is 12.6. The van der Waals surface area contributed by atoms with Gasteiger partial charge in [-0.1, -0.05) is 23.2 Å². The highest BCUT2D eigenvalue weighted by Crippen LogP contribution is 2.25. The molecule has 122 valence electrons. The van der Waals surface area contributed by atoms with E-state index >= 15 is 0 Å². The van der Waals surface area contributed by atoms with E-state index in [2.05, 4.69) is 9.97 Å². The van der Waals surface area contributed by atoms with Crippen LogP contribution in [0.2, 0.25) is 10.3 Å². The molecule has 7 heteroatoms. The number of aromatic nitrogens is 2. The molecule has 0 unspecified atom stereocenters. The normalized spacial score (nSPS) is 10.6. The number of hydrogen-bond acceptors (Lipinski definition) is 5. The zero-order chi connectivity index (χ0) is 17.1. The van der Waals surface area contributed by atoms with Crippen LogP contribution in [0.3, 0.4) is 0 Å². The molecule has 0 saturated heterocycles. The summed E-state index contributed by atoms with van der Waals surface area (Å²) < 4.78 is 10.4. The minimum Gasteiger partial charge on any atom is -0.497 e. The van der Waals surface area contributed by atoms with Crippen molar-refractivity contribution in [3.05, 3.63) is 64.0 Å². The lowest BCUT2D eigenvalue weighted by molar-refractivity contribution is 0.0472. The smallest absolute Gasteiger partial charge is 0.338 e. The Balaban J connectivity index is 1.80. The molecule has 2 heterocycles. The summed E-state index contributed by atoms with van der Waals surface area (Å²) in [6.45, 7) is 0.00653. The fraction of sp³-hybridized carbons (Fsp3) is 0.118. The van der Waals surface area contributed by atoms with E-state index in [1.54, 1.807) is 13.2 Å². The number of nitrogens with zero attached hydrogens (tertiary/aromatic N) is 2. The van der Waals surface area contributed by atoms with Crippen LogP contribution in [0, 0.1) is 0 Å². The van der Waals surface area contributed by atoms with Crippen LogP contribution in [-0.2, 0) is 11.3 Å². The predicted octanol–water partition coefficient (Wildman–Crippen LogP) is 4.30. The van der Waals surface area contributed by atoms with Gasteiger partial charge in [0.15, 0.2) is 0 Å². The summed E-state index contributed by atoms with van der Waals surface area (Å²) in [5.74, 6) is 0.185. The van der Waals surface area contributed by atoms with Crippen LogP contribution in [-0.4, -0.2) is 23.0 Å². The molecular weight excluding hydrogens is 351 g/mol. The number of ether oxygens (including phenoxy) is 2. The number of carbonyl (C=O) groups excluding carboxylic acids is 1. The van der Waals surface area contributed by atoms with Gasteiger partial charge in [0.05, 0.1) is 18.2 Å². The second kappa shape index (κ2) is 7.03. The highest BCUT2D eigenvalue weighted by Gasteiger charge is 2.11. The summed E-state index contributed by atoms with van der Waals surface area (Å²) in [6, 6.07) is 10.3. The first-order valence-corrected chi connectivity index (χ1v) is 7.74. The molecule has 0 aliphatic heterocycles. The number of fused-ring (bicyclic) bond motifs is 1. The van der Waals surface area contributed by atoms with Crippen LogP contribution in [0.25, 0.3) is 10.9 Å².